The Morgan fingerprint density at radius 3 is 2.59 bits per heavy atom. The minimum Gasteiger partial charge on any atom is -0.476 e. The van der Waals surface area contributed by atoms with E-state index in [2.05, 4.69) is 10.2 Å². The molecule has 1 N–H and O–H groups in total. The van der Waals surface area contributed by atoms with Gasteiger partial charge in [0.1, 0.15) is 0 Å². The van der Waals surface area contributed by atoms with Crippen molar-refractivity contribution < 1.29 is 14.8 Å². The summed E-state index contributed by atoms with van der Waals surface area (Å²) in [6.45, 7) is 4.90. The molecule has 0 saturated heterocycles. The van der Waals surface area contributed by atoms with Crippen molar-refractivity contribution in [3.8, 4) is 5.69 Å². The van der Waals surface area contributed by atoms with Crippen LogP contribution in [-0.4, -0.2) is 44.1 Å². The number of aromatic nitrogens is 3. The lowest BCUT2D eigenvalue weighted by atomic mass is 10.3. The molecule has 0 aliphatic rings. The van der Waals surface area contributed by atoms with Crippen LogP contribution in [-0.2, 0) is 0 Å². The van der Waals surface area contributed by atoms with Crippen molar-refractivity contribution in [3.05, 3.63) is 40.1 Å². The highest BCUT2D eigenvalue weighted by molar-refractivity contribution is 5.91. The van der Waals surface area contributed by atoms with Gasteiger partial charge in [-0.25, -0.2) is 4.79 Å². The third-order valence-electron chi connectivity index (χ3n) is 3.13. The lowest BCUT2D eigenvalue weighted by molar-refractivity contribution is -0.384. The van der Waals surface area contributed by atoms with E-state index in [9.17, 15) is 20.0 Å². The first kappa shape index (κ1) is 15.4. The number of benzene rings is 1. The maximum Gasteiger partial charge on any atom is 0.360 e. The highest BCUT2D eigenvalue weighted by Crippen LogP contribution is 2.20. The first-order chi connectivity index (χ1) is 10.5. The minimum atomic E-state index is -1.20. The first-order valence-electron chi connectivity index (χ1n) is 6.68. The van der Waals surface area contributed by atoms with Crippen LogP contribution in [0.25, 0.3) is 5.69 Å². The Hall–Kier alpha value is -2.97. The fourth-order valence-corrected chi connectivity index (χ4v) is 2.02. The molecule has 0 aliphatic carbocycles. The van der Waals surface area contributed by atoms with Crippen molar-refractivity contribution >= 4 is 17.5 Å². The van der Waals surface area contributed by atoms with E-state index in [0.29, 0.717) is 18.8 Å². The summed E-state index contributed by atoms with van der Waals surface area (Å²) in [4.78, 5) is 24.5. The van der Waals surface area contributed by atoms with Crippen LogP contribution >= 0.6 is 0 Å². The van der Waals surface area contributed by atoms with Crippen LogP contribution in [0.15, 0.2) is 24.3 Å². The molecule has 2 aromatic rings. The molecule has 0 radical (unpaired) electrons. The Bertz CT molecular complexity index is 708. The summed E-state index contributed by atoms with van der Waals surface area (Å²) in [6, 6.07) is 5.70. The number of nitro benzene ring substituents is 1. The molecule has 0 bridgehead atoms. The highest BCUT2D eigenvalue weighted by atomic mass is 16.6. The second-order valence-electron chi connectivity index (χ2n) is 4.42. The van der Waals surface area contributed by atoms with Crippen LogP contribution in [0.2, 0.25) is 0 Å². The third-order valence-corrected chi connectivity index (χ3v) is 3.13. The number of rotatable bonds is 6. The minimum absolute atomic E-state index is 0.115. The molecule has 0 fully saturated rings. The summed E-state index contributed by atoms with van der Waals surface area (Å²) in [5.74, 6) is -0.956. The Morgan fingerprint density at radius 1 is 1.36 bits per heavy atom. The van der Waals surface area contributed by atoms with Crippen LogP contribution < -0.4 is 4.90 Å². The van der Waals surface area contributed by atoms with Gasteiger partial charge in [0.05, 0.1) is 10.6 Å². The first-order valence-corrected chi connectivity index (χ1v) is 6.68. The Balaban J connectivity index is 2.53. The molecule has 1 aromatic heterocycles. The Morgan fingerprint density at radius 2 is 2.05 bits per heavy atom. The van der Waals surface area contributed by atoms with Gasteiger partial charge in [0.25, 0.3) is 5.69 Å². The summed E-state index contributed by atoms with van der Waals surface area (Å²) >= 11 is 0. The van der Waals surface area contributed by atoms with E-state index >= 15 is 0 Å². The van der Waals surface area contributed by atoms with Gasteiger partial charge in [0.15, 0.2) is 5.82 Å². The molecule has 0 aliphatic heterocycles. The van der Waals surface area contributed by atoms with Crippen molar-refractivity contribution in [2.45, 2.75) is 13.8 Å². The van der Waals surface area contributed by atoms with E-state index in [1.165, 1.54) is 18.2 Å². The summed E-state index contributed by atoms with van der Waals surface area (Å²) in [5.41, 5.74) is 0.0291. The molecule has 9 nitrogen and oxygen atoms in total. The predicted molar refractivity (Wildman–Crippen MR) is 78.5 cm³/mol. The number of hydrogen-bond donors (Lipinski definition) is 1. The van der Waals surface area contributed by atoms with Gasteiger partial charge in [0, 0.05) is 25.2 Å². The number of non-ortho nitro benzene ring substituents is 1. The van der Waals surface area contributed by atoms with Crippen molar-refractivity contribution in [2.75, 3.05) is 18.0 Å². The zero-order valence-electron chi connectivity index (χ0n) is 12.1. The monoisotopic (exact) mass is 305 g/mol. The molecule has 0 spiro atoms. The topological polar surface area (TPSA) is 114 Å². The number of nitro groups is 1. The lowest BCUT2D eigenvalue weighted by Gasteiger charge is -2.17. The maximum absolute atomic E-state index is 11.3. The quantitative estimate of drug-likeness (QED) is 0.638. The SMILES string of the molecule is CCN(CC)c1nn(-c2cccc([N+](=O)[O-])c2)nc1C(=O)O. The van der Waals surface area contributed by atoms with Crippen LogP contribution in [0.5, 0.6) is 0 Å². The van der Waals surface area contributed by atoms with Crippen molar-refractivity contribution in [2.24, 2.45) is 0 Å². The second-order valence-corrected chi connectivity index (χ2v) is 4.42. The molecule has 0 atom stereocenters. The molecule has 2 rings (SSSR count). The Kier molecular flexibility index (Phi) is 4.35. The van der Waals surface area contributed by atoms with Crippen molar-refractivity contribution in [1.29, 1.82) is 0 Å². The van der Waals surface area contributed by atoms with Gasteiger partial charge < -0.3 is 10.0 Å². The average molecular weight is 305 g/mol. The van der Waals surface area contributed by atoms with Crippen LogP contribution in [0, 0.1) is 10.1 Å². The zero-order chi connectivity index (χ0) is 16.3. The molecule has 0 amide bonds. The summed E-state index contributed by atoms with van der Waals surface area (Å²) in [6.07, 6.45) is 0. The number of anilines is 1. The van der Waals surface area contributed by atoms with E-state index in [4.69, 9.17) is 0 Å². The van der Waals surface area contributed by atoms with Gasteiger partial charge in [-0.05, 0) is 19.9 Å². The van der Waals surface area contributed by atoms with E-state index in [0.717, 1.165) is 4.80 Å². The molecular weight excluding hydrogens is 290 g/mol. The van der Waals surface area contributed by atoms with E-state index < -0.39 is 10.9 Å². The summed E-state index contributed by atoms with van der Waals surface area (Å²) in [5, 5.41) is 28.2. The highest BCUT2D eigenvalue weighted by Gasteiger charge is 2.22. The van der Waals surface area contributed by atoms with Crippen molar-refractivity contribution in [1.82, 2.24) is 15.0 Å². The summed E-state index contributed by atoms with van der Waals surface area (Å²) < 4.78 is 0. The molecule has 0 saturated carbocycles. The number of hydrogen-bond acceptors (Lipinski definition) is 6. The second kappa shape index (κ2) is 6.20. The van der Waals surface area contributed by atoms with Gasteiger partial charge in [-0.15, -0.1) is 15.0 Å². The summed E-state index contributed by atoms with van der Waals surface area (Å²) in [7, 11) is 0. The van der Waals surface area contributed by atoms with Crippen LogP contribution in [0.3, 0.4) is 0 Å². The number of carboxylic acid groups (broad SMARTS) is 1. The van der Waals surface area contributed by atoms with Gasteiger partial charge >= 0.3 is 5.97 Å². The van der Waals surface area contributed by atoms with Gasteiger partial charge in [0.2, 0.25) is 5.69 Å². The molecular formula is C13H15N5O4. The van der Waals surface area contributed by atoms with Crippen LogP contribution in [0.1, 0.15) is 24.3 Å². The third kappa shape index (κ3) is 2.87. The van der Waals surface area contributed by atoms with E-state index in [-0.39, 0.29) is 17.2 Å². The smallest absolute Gasteiger partial charge is 0.360 e. The molecule has 1 heterocycles. The molecule has 22 heavy (non-hydrogen) atoms. The predicted octanol–water partition coefficient (Wildman–Crippen LogP) is 1.72. The largest absolute Gasteiger partial charge is 0.476 e. The molecule has 9 heteroatoms. The zero-order valence-corrected chi connectivity index (χ0v) is 12.1. The normalized spacial score (nSPS) is 10.5. The number of aromatic carboxylic acids is 1. The molecule has 0 unspecified atom stereocenters. The molecule has 116 valence electrons. The van der Waals surface area contributed by atoms with Gasteiger partial charge in [-0.1, -0.05) is 6.07 Å². The number of carbonyl (C=O) groups is 1. The van der Waals surface area contributed by atoms with E-state index in [1.54, 1.807) is 11.0 Å². The van der Waals surface area contributed by atoms with Crippen LogP contribution in [0.4, 0.5) is 11.5 Å². The number of carboxylic acids is 1. The van der Waals surface area contributed by atoms with Crippen molar-refractivity contribution in [3.63, 3.8) is 0 Å². The van der Waals surface area contributed by atoms with Gasteiger partial charge in [-0.3, -0.25) is 10.1 Å². The van der Waals surface area contributed by atoms with E-state index in [1.807, 2.05) is 13.8 Å². The van der Waals surface area contributed by atoms with Gasteiger partial charge in [-0.2, -0.15) is 0 Å². The maximum atomic E-state index is 11.3. The molecule has 1 aromatic carbocycles. The number of nitrogens with zero attached hydrogens (tertiary/aromatic N) is 5. The standard InChI is InChI=1S/C13H15N5O4/c1-3-16(4-2)12-11(13(19)20)14-17(15-12)9-6-5-7-10(8-9)18(21)22/h5-8H,3-4H2,1-2H3,(H,19,20). The Labute approximate surface area is 125 Å². The fraction of sp³-hybridized carbons (Fsp3) is 0.308. The lowest BCUT2D eigenvalue weighted by Crippen LogP contribution is -2.24. The average Bonchev–Trinajstić information content (AvgIpc) is 2.94. The fourth-order valence-electron chi connectivity index (χ4n) is 2.02.